The molecule has 26 heavy (non-hydrogen) atoms. The normalized spacial score (nSPS) is 37.0. The van der Waals surface area contributed by atoms with Gasteiger partial charge in [-0.05, 0) is 52.0 Å². The van der Waals surface area contributed by atoms with Crippen molar-refractivity contribution in [2.45, 2.75) is 70.0 Å². The first-order valence-electron chi connectivity index (χ1n) is 8.48. The summed E-state index contributed by atoms with van der Waals surface area (Å²) in [5, 5.41) is 0.551. The number of ether oxygens (including phenoxy) is 6. The first kappa shape index (κ1) is 18.2. The van der Waals surface area contributed by atoms with E-state index in [-0.39, 0.29) is 0 Å². The molecular formula is C18H21ClO7. The summed E-state index contributed by atoms with van der Waals surface area (Å²) in [6.07, 6.45) is -3.41. The number of halogens is 1. The van der Waals surface area contributed by atoms with E-state index in [1.165, 1.54) is 0 Å². The van der Waals surface area contributed by atoms with Gasteiger partial charge in [0.15, 0.2) is 24.0 Å². The van der Waals surface area contributed by atoms with Crippen molar-refractivity contribution in [3.63, 3.8) is 0 Å². The van der Waals surface area contributed by atoms with Crippen LogP contribution in [-0.4, -0.2) is 48.2 Å². The van der Waals surface area contributed by atoms with Crippen molar-refractivity contribution in [2.75, 3.05) is 0 Å². The zero-order chi connectivity index (χ0) is 18.7. The largest absolute Gasteiger partial charge is 0.425 e. The third-order valence-corrected chi connectivity index (χ3v) is 4.67. The smallest absolute Gasteiger partial charge is 0.343 e. The second-order valence-corrected chi connectivity index (χ2v) is 7.90. The second kappa shape index (κ2) is 6.15. The molecule has 7 nitrogen and oxygen atoms in total. The number of hydrogen-bond acceptors (Lipinski definition) is 7. The molecule has 3 fully saturated rings. The first-order valence-corrected chi connectivity index (χ1v) is 8.85. The van der Waals surface area contributed by atoms with E-state index in [4.69, 9.17) is 40.0 Å². The van der Waals surface area contributed by atoms with Crippen LogP contribution in [0.2, 0.25) is 5.02 Å². The fourth-order valence-electron chi connectivity index (χ4n) is 3.48. The number of benzene rings is 1. The number of esters is 1. The maximum Gasteiger partial charge on any atom is 0.343 e. The summed E-state index contributed by atoms with van der Waals surface area (Å²) in [4.78, 5) is 12.7. The van der Waals surface area contributed by atoms with Crippen molar-refractivity contribution in [2.24, 2.45) is 0 Å². The van der Waals surface area contributed by atoms with E-state index >= 15 is 0 Å². The SMILES string of the molecule is CC1(C)O[C@@H]2O[C@H](C(=O)Oc3ccc(Cl)cc3)[C@@H]3OC(C)(C)O[C@H]3[C@@H]2O1. The van der Waals surface area contributed by atoms with Gasteiger partial charge in [-0.25, -0.2) is 4.79 Å². The van der Waals surface area contributed by atoms with Gasteiger partial charge in [-0.3, -0.25) is 0 Å². The highest BCUT2D eigenvalue weighted by atomic mass is 35.5. The minimum Gasteiger partial charge on any atom is -0.425 e. The minimum absolute atomic E-state index is 0.365. The van der Waals surface area contributed by atoms with Crippen LogP contribution < -0.4 is 4.74 Å². The molecule has 0 bridgehead atoms. The zero-order valence-corrected chi connectivity index (χ0v) is 15.7. The van der Waals surface area contributed by atoms with Crippen molar-refractivity contribution >= 4 is 17.6 Å². The Labute approximate surface area is 156 Å². The molecule has 3 saturated heterocycles. The number of carbonyl (C=O) groups excluding carboxylic acids is 1. The van der Waals surface area contributed by atoms with E-state index in [0.717, 1.165) is 0 Å². The highest BCUT2D eigenvalue weighted by molar-refractivity contribution is 6.30. The Morgan fingerprint density at radius 1 is 0.923 bits per heavy atom. The van der Waals surface area contributed by atoms with Crippen LogP contribution in [0.15, 0.2) is 24.3 Å². The van der Waals surface area contributed by atoms with Crippen molar-refractivity contribution in [1.82, 2.24) is 0 Å². The Hall–Kier alpha value is -1.22. The molecule has 1 aromatic rings. The summed E-state index contributed by atoms with van der Waals surface area (Å²) in [6, 6.07) is 6.49. The maximum atomic E-state index is 12.7. The van der Waals surface area contributed by atoms with E-state index < -0.39 is 48.2 Å². The Bertz CT molecular complexity index is 702. The fraction of sp³-hybridized carbons (Fsp3) is 0.611. The predicted octanol–water partition coefficient (Wildman–Crippen LogP) is 2.64. The molecule has 142 valence electrons. The summed E-state index contributed by atoms with van der Waals surface area (Å²) >= 11 is 5.86. The molecule has 3 aliphatic heterocycles. The summed E-state index contributed by atoms with van der Waals surface area (Å²) in [5.41, 5.74) is 0. The maximum absolute atomic E-state index is 12.7. The van der Waals surface area contributed by atoms with Crippen LogP contribution in [0.4, 0.5) is 0 Å². The lowest BCUT2D eigenvalue weighted by Gasteiger charge is -2.35. The van der Waals surface area contributed by atoms with E-state index in [0.29, 0.717) is 10.8 Å². The lowest BCUT2D eigenvalue weighted by atomic mass is 9.99. The van der Waals surface area contributed by atoms with E-state index in [2.05, 4.69) is 0 Å². The summed E-state index contributed by atoms with van der Waals surface area (Å²) < 4.78 is 34.8. The van der Waals surface area contributed by atoms with Crippen LogP contribution in [0.3, 0.4) is 0 Å². The first-order chi connectivity index (χ1) is 12.1. The molecular weight excluding hydrogens is 364 g/mol. The quantitative estimate of drug-likeness (QED) is 0.573. The monoisotopic (exact) mass is 384 g/mol. The molecule has 3 aliphatic rings. The molecule has 8 heteroatoms. The van der Waals surface area contributed by atoms with Gasteiger partial charge in [-0.15, -0.1) is 0 Å². The van der Waals surface area contributed by atoms with Gasteiger partial charge >= 0.3 is 5.97 Å². The highest BCUT2D eigenvalue weighted by Crippen LogP contribution is 2.44. The summed E-state index contributed by atoms with van der Waals surface area (Å²) in [5.74, 6) is -1.94. The molecule has 0 aromatic heterocycles. The Balaban J connectivity index is 1.57. The number of hydrogen-bond donors (Lipinski definition) is 0. The summed E-state index contributed by atoms with van der Waals surface area (Å²) in [6.45, 7) is 7.13. The van der Waals surface area contributed by atoms with Crippen LogP contribution in [-0.2, 0) is 28.5 Å². The van der Waals surface area contributed by atoms with Gasteiger partial charge in [0.05, 0.1) is 0 Å². The molecule has 3 heterocycles. The van der Waals surface area contributed by atoms with E-state index in [9.17, 15) is 4.79 Å². The topological polar surface area (TPSA) is 72.5 Å². The van der Waals surface area contributed by atoms with E-state index in [1.54, 1.807) is 52.0 Å². The third kappa shape index (κ3) is 3.35. The van der Waals surface area contributed by atoms with Gasteiger partial charge in [0.2, 0.25) is 0 Å². The molecule has 0 aliphatic carbocycles. The molecule has 0 saturated carbocycles. The Kier molecular flexibility index (Phi) is 4.30. The predicted molar refractivity (Wildman–Crippen MR) is 89.6 cm³/mol. The van der Waals surface area contributed by atoms with Gasteiger partial charge in [0.1, 0.15) is 24.1 Å². The van der Waals surface area contributed by atoms with Gasteiger partial charge in [-0.2, -0.15) is 0 Å². The van der Waals surface area contributed by atoms with Crippen molar-refractivity contribution in [1.29, 1.82) is 0 Å². The van der Waals surface area contributed by atoms with Gasteiger partial charge in [0, 0.05) is 5.02 Å². The lowest BCUT2D eigenvalue weighted by molar-refractivity contribution is -0.236. The Morgan fingerprint density at radius 2 is 1.50 bits per heavy atom. The van der Waals surface area contributed by atoms with Gasteiger partial charge in [0.25, 0.3) is 0 Å². The summed E-state index contributed by atoms with van der Waals surface area (Å²) in [7, 11) is 0. The Morgan fingerprint density at radius 3 is 2.19 bits per heavy atom. The molecule has 4 rings (SSSR count). The molecule has 1 aromatic carbocycles. The molecule has 0 unspecified atom stereocenters. The molecule has 0 radical (unpaired) electrons. The minimum atomic E-state index is -1.00. The third-order valence-electron chi connectivity index (χ3n) is 4.42. The van der Waals surface area contributed by atoms with Crippen LogP contribution in [0.1, 0.15) is 27.7 Å². The molecule has 0 spiro atoms. The van der Waals surface area contributed by atoms with Gasteiger partial charge in [-0.1, -0.05) is 11.6 Å². The fourth-order valence-corrected chi connectivity index (χ4v) is 3.60. The standard InChI is InChI=1S/C18H21ClO7/c1-17(2)23-11-12(24-17)14-16(26-18(3,4)25-14)22-13(11)15(20)21-10-7-5-9(19)6-8-10/h5-8,11-14,16H,1-4H3/t11-,12-,13+,14+,16+/m1/s1. The number of rotatable bonds is 2. The number of fused-ring (bicyclic) bond motifs is 3. The lowest BCUT2D eigenvalue weighted by Crippen LogP contribution is -2.58. The van der Waals surface area contributed by atoms with Crippen LogP contribution in [0.5, 0.6) is 5.75 Å². The average molecular weight is 385 g/mol. The molecule has 0 amide bonds. The van der Waals surface area contributed by atoms with Gasteiger partial charge < -0.3 is 28.4 Å². The average Bonchev–Trinajstić information content (AvgIpc) is 3.02. The van der Waals surface area contributed by atoms with Crippen LogP contribution >= 0.6 is 11.6 Å². The van der Waals surface area contributed by atoms with Crippen molar-refractivity contribution < 1.29 is 33.2 Å². The van der Waals surface area contributed by atoms with Crippen LogP contribution in [0, 0.1) is 0 Å². The number of carbonyl (C=O) groups is 1. The van der Waals surface area contributed by atoms with E-state index in [1.807, 2.05) is 0 Å². The zero-order valence-electron chi connectivity index (χ0n) is 14.9. The van der Waals surface area contributed by atoms with Crippen LogP contribution in [0.25, 0.3) is 0 Å². The second-order valence-electron chi connectivity index (χ2n) is 7.47. The highest BCUT2D eigenvalue weighted by Gasteiger charge is 2.62. The molecule has 0 N–H and O–H groups in total. The molecule has 5 atom stereocenters. The van der Waals surface area contributed by atoms with Crippen molar-refractivity contribution in [3.05, 3.63) is 29.3 Å². The van der Waals surface area contributed by atoms with Crippen molar-refractivity contribution in [3.8, 4) is 5.75 Å².